The van der Waals surface area contributed by atoms with E-state index in [0.717, 1.165) is 0 Å². The Labute approximate surface area is 159 Å². The molecule has 3 aromatic rings. The molecule has 9 heteroatoms. The Morgan fingerprint density at radius 1 is 1.27 bits per heavy atom. The molecule has 3 aromatic heterocycles. The smallest absolute Gasteiger partial charge is 0.236 e. The summed E-state index contributed by atoms with van der Waals surface area (Å²) in [5.41, 5.74) is 0.712. The van der Waals surface area contributed by atoms with E-state index in [2.05, 4.69) is 32.1 Å². The molecule has 26 heavy (non-hydrogen) atoms. The number of anilines is 1. The van der Waals surface area contributed by atoms with Gasteiger partial charge in [0, 0.05) is 18.9 Å². The Morgan fingerprint density at radius 3 is 2.85 bits per heavy atom. The van der Waals surface area contributed by atoms with Crippen LogP contribution in [0.4, 0.5) is 5.82 Å². The zero-order chi connectivity index (χ0) is 18.4. The van der Waals surface area contributed by atoms with Crippen LogP contribution in [-0.2, 0) is 11.3 Å². The first-order chi connectivity index (χ1) is 12.7. The Bertz CT molecular complexity index is 897. The van der Waals surface area contributed by atoms with Crippen LogP contribution in [0, 0.1) is 0 Å². The van der Waals surface area contributed by atoms with Crippen LogP contribution in [0.2, 0.25) is 5.02 Å². The van der Waals surface area contributed by atoms with Crippen LogP contribution in [-0.4, -0.2) is 36.4 Å². The zero-order valence-corrected chi connectivity index (χ0v) is 15.2. The number of amides is 1. The molecule has 0 atom stereocenters. The Hall–Kier alpha value is -2.71. The van der Waals surface area contributed by atoms with Crippen molar-refractivity contribution in [2.24, 2.45) is 0 Å². The Morgan fingerprint density at radius 2 is 2.15 bits per heavy atom. The van der Waals surface area contributed by atoms with E-state index in [4.69, 9.17) is 11.6 Å². The van der Waals surface area contributed by atoms with Crippen molar-refractivity contribution in [3.05, 3.63) is 60.4 Å². The molecule has 0 fully saturated rings. The summed E-state index contributed by atoms with van der Waals surface area (Å²) in [5.74, 6) is 1.05. The van der Waals surface area contributed by atoms with E-state index < -0.39 is 0 Å². The number of allylic oxidation sites excluding steroid dienone is 1. The fourth-order valence-electron chi connectivity index (χ4n) is 2.13. The first-order valence-corrected chi connectivity index (χ1v) is 9.03. The summed E-state index contributed by atoms with van der Waals surface area (Å²) in [7, 11) is 0. The highest BCUT2D eigenvalue weighted by Gasteiger charge is 2.15. The molecule has 0 unspecified atom stereocenters. The van der Waals surface area contributed by atoms with Crippen LogP contribution in [0.5, 0.6) is 0 Å². The van der Waals surface area contributed by atoms with Gasteiger partial charge in [0.15, 0.2) is 11.0 Å². The molecule has 1 N–H and O–H groups in total. The van der Waals surface area contributed by atoms with Crippen LogP contribution in [0.1, 0.15) is 0 Å². The molecule has 3 heterocycles. The van der Waals surface area contributed by atoms with Gasteiger partial charge >= 0.3 is 0 Å². The highest BCUT2D eigenvalue weighted by atomic mass is 35.5. The van der Waals surface area contributed by atoms with Crippen molar-refractivity contribution in [1.29, 1.82) is 0 Å². The minimum atomic E-state index is -0.197. The van der Waals surface area contributed by atoms with E-state index in [-0.39, 0.29) is 11.7 Å². The standard InChI is InChI=1S/C17H15ClN6OS/c1-2-9-24-16(13-5-3-4-8-19-13)22-23-17(24)26-11-15(25)21-14-7-6-12(18)10-20-14/h2-8,10H,1,9,11H2,(H,20,21,25). The lowest BCUT2D eigenvalue weighted by Gasteiger charge is -2.07. The quantitative estimate of drug-likeness (QED) is 0.495. The summed E-state index contributed by atoms with van der Waals surface area (Å²) >= 11 is 7.06. The van der Waals surface area contributed by atoms with Gasteiger partial charge in [0.1, 0.15) is 11.5 Å². The van der Waals surface area contributed by atoms with Gasteiger partial charge in [0.2, 0.25) is 5.91 Å². The maximum absolute atomic E-state index is 12.1. The molecule has 0 spiro atoms. The molecule has 0 saturated carbocycles. The molecule has 0 aromatic carbocycles. The minimum Gasteiger partial charge on any atom is -0.310 e. The molecule has 0 saturated heterocycles. The summed E-state index contributed by atoms with van der Waals surface area (Å²) in [6.45, 7) is 4.28. The highest BCUT2D eigenvalue weighted by Crippen LogP contribution is 2.23. The fourth-order valence-corrected chi connectivity index (χ4v) is 2.99. The number of carbonyl (C=O) groups excluding carboxylic acids is 1. The van der Waals surface area contributed by atoms with Crippen molar-refractivity contribution in [1.82, 2.24) is 24.7 Å². The van der Waals surface area contributed by atoms with Crippen LogP contribution in [0.25, 0.3) is 11.5 Å². The van der Waals surface area contributed by atoms with E-state index in [1.807, 2.05) is 22.8 Å². The lowest BCUT2D eigenvalue weighted by molar-refractivity contribution is -0.113. The summed E-state index contributed by atoms with van der Waals surface area (Å²) in [6, 6.07) is 8.88. The van der Waals surface area contributed by atoms with Crippen LogP contribution in [0.15, 0.2) is 60.5 Å². The molecule has 0 aliphatic heterocycles. The van der Waals surface area contributed by atoms with Gasteiger partial charge in [-0.15, -0.1) is 16.8 Å². The lowest BCUT2D eigenvalue weighted by Crippen LogP contribution is -2.15. The second kappa shape index (κ2) is 8.59. The lowest BCUT2D eigenvalue weighted by atomic mass is 10.3. The van der Waals surface area contributed by atoms with Gasteiger partial charge in [-0.1, -0.05) is 35.5 Å². The number of carbonyl (C=O) groups is 1. The van der Waals surface area contributed by atoms with Gasteiger partial charge in [-0.2, -0.15) is 0 Å². The van der Waals surface area contributed by atoms with E-state index in [1.165, 1.54) is 18.0 Å². The highest BCUT2D eigenvalue weighted by molar-refractivity contribution is 7.99. The average molecular weight is 387 g/mol. The predicted molar refractivity (Wildman–Crippen MR) is 102 cm³/mol. The first kappa shape index (κ1) is 18.1. The third kappa shape index (κ3) is 4.47. The van der Waals surface area contributed by atoms with Crippen LogP contribution in [0.3, 0.4) is 0 Å². The molecule has 0 aliphatic carbocycles. The molecular formula is C17H15ClN6OS. The number of pyridine rings is 2. The SMILES string of the molecule is C=CCn1c(SCC(=O)Nc2ccc(Cl)cn2)nnc1-c1ccccn1. The molecule has 0 aliphatic rings. The number of thioether (sulfide) groups is 1. The van der Waals surface area contributed by atoms with Crippen molar-refractivity contribution in [3.63, 3.8) is 0 Å². The van der Waals surface area contributed by atoms with Crippen LogP contribution < -0.4 is 5.32 Å². The maximum atomic E-state index is 12.1. The van der Waals surface area contributed by atoms with Gasteiger partial charge in [-0.05, 0) is 24.3 Å². The van der Waals surface area contributed by atoms with E-state index in [0.29, 0.717) is 34.1 Å². The number of nitrogens with zero attached hydrogens (tertiary/aromatic N) is 5. The monoisotopic (exact) mass is 386 g/mol. The molecule has 132 valence electrons. The number of rotatable bonds is 7. The van der Waals surface area contributed by atoms with Gasteiger partial charge in [0.25, 0.3) is 0 Å². The van der Waals surface area contributed by atoms with Crippen molar-refractivity contribution >= 4 is 35.1 Å². The predicted octanol–water partition coefficient (Wildman–Crippen LogP) is 3.31. The maximum Gasteiger partial charge on any atom is 0.236 e. The second-order valence-corrected chi connectivity index (χ2v) is 6.50. The topological polar surface area (TPSA) is 85.6 Å². The van der Waals surface area contributed by atoms with Gasteiger partial charge in [-0.25, -0.2) is 4.98 Å². The van der Waals surface area contributed by atoms with E-state index in [1.54, 1.807) is 24.4 Å². The normalized spacial score (nSPS) is 10.5. The van der Waals surface area contributed by atoms with Crippen molar-refractivity contribution in [2.45, 2.75) is 11.7 Å². The number of hydrogen-bond donors (Lipinski definition) is 1. The number of halogens is 1. The van der Waals surface area contributed by atoms with Crippen molar-refractivity contribution < 1.29 is 4.79 Å². The average Bonchev–Trinajstić information content (AvgIpc) is 3.06. The summed E-state index contributed by atoms with van der Waals surface area (Å²) < 4.78 is 1.87. The zero-order valence-electron chi connectivity index (χ0n) is 13.7. The fraction of sp³-hybridized carbons (Fsp3) is 0.118. The summed E-state index contributed by atoms with van der Waals surface area (Å²) in [6.07, 6.45) is 4.92. The third-order valence-electron chi connectivity index (χ3n) is 3.25. The number of aromatic nitrogens is 5. The summed E-state index contributed by atoms with van der Waals surface area (Å²) in [5, 5.41) is 12.2. The van der Waals surface area contributed by atoms with Gasteiger partial charge in [-0.3, -0.25) is 14.3 Å². The van der Waals surface area contributed by atoms with Gasteiger partial charge < -0.3 is 5.32 Å². The number of nitrogens with one attached hydrogen (secondary N) is 1. The molecule has 0 bridgehead atoms. The summed E-state index contributed by atoms with van der Waals surface area (Å²) in [4.78, 5) is 20.5. The van der Waals surface area contributed by atoms with Crippen molar-refractivity contribution in [3.8, 4) is 11.5 Å². The molecule has 3 rings (SSSR count). The minimum absolute atomic E-state index is 0.168. The molecule has 0 radical (unpaired) electrons. The molecule has 1 amide bonds. The molecule has 7 nitrogen and oxygen atoms in total. The van der Waals surface area contributed by atoms with Crippen LogP contribution >= 0.6 is 23.4 Å². The number of hydrogen-bond acceptors (Lipinski definition) is 6. The second-order valence-electron chi connectivity index (χ2n) is 5.12. The first-order valence-electron chi connectivity index (χ1n) is 7.67. The Kier molecular flexibility index (Phi) is 5.98. The Balaban J connectivity index is 1.69. The largest absolute Gasteiger partial charge is 0.310 e. The van der Waals surface area contributed by atoms with E-state index in [9.17, 15) is 4.79 Å². The third-order valence-corrected chi connectivity index (χ3v) is 4.44. The van der Waals surface area contributed by atoms with Gasteiger partial charge in [0.05, 0.1) is 10.8 Å². The van der Waals surface area contributed by atoms with Crippen molar-refractivity contribution in [2.75, 3.05) is 11.1 Å². The molecular weight excluding hydrogens is 372 g/mol. The van der Waals surface area contributed by atoms with E-state index >= 15 is 0 Å².